The zero-order valence-electron chi connectivity index (χ0n) is 12.3. The second kappa shape index (κ2) is 8.01. The zero-order valence-corrected chi connectivity index (χ0v) is 12.3. The van der Waals surface area contributed by atoms with E-state index in [1.54, 1.807) is 12.2 Å². The van der Waals surface area contributed by atoms with E-state index in [4.69, 9.17) is 0 Å². The predicted octanol–water partition coefficient (Wildman–Crippen LogP) is 6.17. The monoisotopic (exact) mass is 300 g/mol. The lowest BCUT2D eigenvalue weighted by molar-refractivity contribution is -0.140. The minimum Gasteiger partial charge on any atom is -0.206 e. The van der Waals surface area contributed by atoms with Gasteiger partial charge in [-0.3, -0.25) is 0 Å². The van der Waals surface area contributed by atoms with E-state index in [9.17, 15) is 17.6 Å². The molecule has 21 heavy (non-hydrogen) atoms. The SMILES string of the molecule is C/C=C/CCc1ccc(/C=C/CCC)c(C(F)(F)F)c1F. The molecular formula is C17H20F4. The first-order chi connectivity index (χ1) is 9.91. The highest BCUT2D eigenvalue weighted by Crippen LogP contribution is 2.36. The molecule has 0 unspecified atom stereocenters. The van der Waals surface area contributed by atoms with E-state index in [-0.39, 0.29) is 17.5 Å². The van der Waals surface area contributed by atoms with Gasteiger partial charge in [-0.2, -0.15) is 13.2 Å². The lowest BCUT2D eigenvalue weighted by atomic mass is 9.99. The molecular weight excluding hydrogens is 280 g/mol. The van der Waals surface area contributed by atoms with E-state index in [1.165, 1.54) is 18.2 Å². The molecule has 0 amide bonds. The summed E-state index contributed by atoms with van der Waals surface area (Å²) >= 11 is 0. The van der Waals surface area contributed by atoms with Gasteiger partial charge < -0.3 is 0 Å². The Kier molecular flexibility index (Phi) is 6.66. The van der Waals surface area contributed by atoms with Crippen LogP contribution in [0.15, 0.2) is 30.4 Å². The average molecular weight is 300 g/mol. The summed E-state index contributed by atoms with van der Waals surface area (Å²) < 4.78 is 53.5. The van der Waals surface area contributed by atoms with Crippen LogP contribution in [0.4, 0.5) is 17.6 Å². The molecule has 0 fully saturated rings. The van der Waals surface area contributed by atoms with Crippen molar-refractivity contribution in [3.8, 4) is 0 Å². The van der Waals surface area contributed by atoms with Crippen LogP contribution in [0.5, 0.6) is 0 Å². The Morgan fingerprint density at radius 2 is 1.81 bits per heavy atom. The number of halogens is 4. The minimum absolute atomic E-state index is 0.105. The van der Waals surface area contributed by atoms with Crippen LogP contribution in [0.3, 0.4) is 0 Å². The van der Waals surface area contributed by atoms with Crippen molar-refractivity contribution in [2.45, 2.75) is 45.7 Å². The Hall–Kier alpha value is -1.58. The molecule has 4 heteroatoms. The van der Waals surface area contributed by atoms with Crippen molar-refractivity contribution >= 4 is 6.08 Å². The van der Waals surface area contributed by atoms with Gasteiger partial charge in [-0.25, -0.2) is 4.39 Å². The molecule has 0 aliphatic carbocycles. The van der Waals surface area contributed by atoms with Crippen molar-refractivity contribution in [2.75, 3.05) is 0 Å². The number of allylic oxidation sites excluding steroid dienone is 3. The number of aryl methyl sites for hydroxylation is 1. The number of benzene rings is 1. The van der Waals surface area contributed by atoms with Gasteiger partial charge in [0.05, 0.1) is 5.56 Å². The quantitative estimate of drug-likeness (QED) is 0.435. The van der Waals surface area contributed by atoms with E-state index in [0.29, 0.717) is 12.8 Å². The minimum atomic E-state index is -4.69. The normalized spacial score (nSPS) is 12.7. The molecule has 1 aromatic carbocycles. The molecule has 0 nitrogen and oxygen atoms in total. The van der Waals surface area contributed by atoms with Crippen molar-refractivity contribution in [2.24, 2.45) is 0 Å². The van der Waals surface area contributed by atoms with E-state index in [0.717, 1.165) is 6.42 Å². The van der Waals surface area contributed by atoms with Crippen LogP contribution in [-0.2, 0) is 12.6 Å². The number of hydrogen-bond donors (Lipinski definition) is 0. The second-order valence-electron chi connectivity index (χ2n) is 4.80. The molecule has 1 rings (SSSR count). The molecule has 0 aromatic heterocycles. The zero-order chi connectivity index (χ0) is 15.9. The summed E-state index contributed by atoms with van der Waals surface area (Å²) in [5, 5.41) is 0. The number of alkyl halides is 3. The Morgan fingerprint density at radius 1 is 1.10 bits per heavy atom. The first-order valence-corrected chi connectivity index (χ1v) is 7.08. The smallest absolute Gasteiger partial charge is 0.206 e. The van der Waals surface area contributed by atoms with Crippen molar-refractivity contribution in [1.82, 2.24) is 0 Å². The summed E-state index contributed by atoms with van der Waals surface area (Å²) in [5.74, 6) is -1.15. The Labute approximate surface area is 123 Å². The largest absolute Gasteiger partial charge is 0.419 e. The van der Waals surface area contributed by atoms with Crippen LogP contribution in [0, 0.1) is 5.82 Å². The van der Waals surface area contributed by atoms with Crippen molar-refractivity contribution in [3.63, 3.8) is 0 Å². The molecule has 0 aliphatic heterocycles. The van der Waals surface area contributed by atoms with Gasteiger partial charge in [0, 0.05) is 0 Å². The van der Waals surface area contributed by atoms with Gasteiger partial charge in [-0.05, 0) is 37.3 Å². The number of unbranched alkanes of at least 4 members (excludes halogenated alkanes) is 1. The van der Waals surface area contributed by atoms with Crippen molar-refractivity contribution in [1.29, 1.82) is 0 Å². The summed E-state index contributed by atoms with van der Waals surface area (Å²) in [7, 11) is 0. The van der Waals surface area contributed by atoms with Gasteiger partial charge in [0.2, 0.25) is 0 Å². The molecule has 0 heterocycles. The van der Waals surface area contributed by atoms with Crippen molar-refractivity contribution < 1.29 is 17.6 Å². The summed E-state index contributed by atoms with van der Waals surface area (Å²) in [6.45, 7) is 3.75. The molecule has 0 radical (unpaired) electrons. The first kappa shape index (κ1) is 17.5. The van der Waals surface area contributed by atoms with Gasteiger partial charge in [0.15, 0.2) is 0 Å². The molecule has 0 N–H and O–H groups in total. The fraction of sp³-hybridized carbons (Fsp3) is 0.412. The van der Waals surface area contributed by atoms with Crippen molar-refractivity contribution in [3.05, 3.63) is 52.9 Å². The molecule has 1 aromatic rings. The number of hydrogen-bond acceptors (Lipinski definition) is 0. The van der Waals surface area contributed by atoms with Crippen LogP contribution >= 0.6 is 0 Å². The third-order valence-corrected chi connectivity index (χ3v) is 3.11. The molecule has 0 spiro atoms. The maximum Gasteiger partial charge on any atom is 0.419 e. The van der Waals surface area contributed by atoms with E-state index >= 15 is 0 Å². The molecule has 0 bridgehead atoms. The van der Waals surface area contributed by atoms with Gasteiger partial charge >= 0.3 is 6.18 Å². The maximum absolute atomic E-state index is 14.2. The highest BCUT2D eigenvalue weighted by Gasteiger charge is 2.37. The molecule has 0 atom stereocenters. The van der Waals surface area contributed by atoms with Gasteiger partial charge in [-0.15, -0.1) is 0 Å². The molecule has 116 valence electrons. The van der Waals surface area contributed by atoms with Crippen LogP contribution < -0.4 is 0 Å². The van der Waals surface area contributed by atoms with Gasteiger partial charge in [0.25, 0.3) is 0 Å². The van der Waals surface area contributed by atoms with Gasteiger partial charge in [-0.1, -0.05) is 49.8 Å². The fourth-order valence-electron chi connectivity index (χ4n) is 2.04. The fourth-order valence-corrected chi connectivity index (χ4v) is 2.04. The standard InChI is InChI=1S/C17H20F4/c1-3-5-7-9-13-11-12-14(10-8-6-4-2)16(18)15(13)17(19,20)21/h4,6-7,9,11-12H,3,5,8,10H2,1-2H3/b6-4+,9-7+. The summed E-state index contributed by atoms with van der Waals surface area (Å²) in [5.41, 5.74) is -1.16. The Balaban J connectivity index is 3.19. The predicted molar refractivity (Wildman–Crippen MR) is 78.5 cm³/mol. The second-order valence-corrected chi connectivity index (χ2v) is 4.80. The van der Waals surface area contributed by atoms with E-state index < -0.39 is 17.6 Å². The highest BCUT2D eigenvalue weighted by molar-refractivity contribution is 5.56. The molecule has 0 aliphatic rings. The summed E-state index contributed by atoms with van der Waals surface area (Å²) in [6.07, 6.45) is 4.20. The van der Waals surface area contributed by atoms with Crippen LogP contribution in [0.1, 0.15) is 49.8 Å². The van der Waals surface area contributed by atoms with E-state index in [1.807, 2.05) is 19.9 Å². The number of rotatable bonds is 6. The van der Waals surface area contributed by atoms with Crippen LogP contribution in [-0.4, -0.2) is 0 Å². The Morgan fingerprint density at radius 3 is 2.38 bits per heavy atom. The Bertz CT molecular complexity index is 510. The lowest BCUT2D eigenvalue weighted by Crippen LogP contribution is -2.12. The maximum atomic E-state index is 14.2. The third kappa shape index (κ3) is 5.03. The van der Waals surface area contributed by atoms with Gasteiger partial charge in [0.1, 0.15) is 5.82 Å². The summed E-state index contributed by atoms with van der Waals surface area (Å²) in [6, 6.07) is 2.79. The summed E-state index contributed by atoms with van der Waals surface area (Å²) in [4.78, 5) is 0. The average Bonchev–Trinajstić information content (AvgIpc) is 2.40. The van der Waals surface area contributed by atoms with Crippen LogP contribution in [0.25, 0.3) is 6.08 Å². The van der Waals surface area contributed by atoms with Crippen LogP contribution in [0.2, 0.25) is 0 Å². The lowest BCUT2D eigenvalue weighted by Gasteiger charge is -2.14. The molecule has 0 saturated carbocycles. The third-order valence-electron chi connectivity index (χ3n) is 3.11. The molecule has 0 saturated heterocycles. The first-order valence-electron chi connectivity index (χ1n) is 7.08. The topological polar surface area (TPSA) is 0 Å². The van der Waals surface area contributed by atoms with E-state index in [2.05, 4.69) is 0 Å². The highest BCUT2D eigenvalue weighted by atomic mass is 19.4.